The van der Waals surface area contributed by atoms with Gasteiger partial charge < -0.3 is 15.4 Å². The molecular weight excluding hydrogens is 403 g/mol. The predicted molar refractivity (Wildman–Crippen MR) is 112 cm³/mol. The Morgan fingerprint density at radius 3 is 2.59 bits per heavy atom. The summed E-state index contributed by atoms with van der Waals surface area (Å²) in [7, 11) is 0. The highest BCUT2D eigenvalue weighted by atomic mass is 35.5. The Labute approximate surface area is 169 Å². The Morgan fingerprint density at radius 1 is 1.07 bits per heavy atom. The van der Waals surface area contributed by atoms with Crippen LogP contribution in [0.3, 0.4) is 0 Å². The maximum Gasteiger partial charge on any atom is 0.352 e. The number of thiophene rings is 1. The van der Waals surface area contributed by atoms with Gasteiger partial charge in [0, 0.05) is 17.1 Å². The van der Waals surface area contributed by atoms with Crippen LogP contribution in [0.2, 0.25) is 10.0 Å². The van der Waals surface area contributed by atoms with E-state index >= 15 is 0 Å². The molecule has 4 nitrogen and oxygen atoms in total. The Morgan fingerprint density at radius 2 is 1.89 bits per heavy atom. The number of anilines is 1. The largest absolute Gasteiger partial charge is 0.477 e. The molecule has 0 aliphatic heterocycles. The van der Waals surface area contributed by atoms with Gasteiger partial charge in [-0.1, -0.05) is 41.4 Å². The molecule has 0 unspecified atom stereocenters. The Balaban J connectivity index is 1.82. The molecule has 7 heteroatoms. The number of aromatic carboxylic acids is 1. The number of rotatable bonds is 4. The summed E-state index contributed by atoms with van der Waals surface area (Å²) in [5, 5.41) is 10.5. The van der Waals surface area contributed by atoms with Crippen LogP contribution in [0.4, 0.5) is 5.69 Å². The molecule has 0 radical (unpaired) electrons. The number of aromatic nitrogens is 1. The van der Waals surface area contributed by atoms with E-state index in [1.54, 1.807) is 34.1 Å². The van der Waals surface area contributed by atoms with E-state index in [9.17, 15) is 9.90 Å². The molecule has 0 saturated heterocycles. The lowest BCUT2D eigenvalue weighted by atomic mass is 10.1. The summed E-state index contributed by atoms with van der Waals surface area (Å²) in [6.07, 6.45) is 0. The van der Waals surface area contributed by atoms with Gasteiger partial charge in [-0.15, -0.1) is 11.3 Å². The molecule has 0 amide bonds. The van der Waals surface area contributed by atoms with E-state index in [0.29, 0.717) is 22.3 Å². The molecule has 0 bridgehead atoms. The Hall–Kier alpha value is -2.47. The van der Waals surface area contributed by atoms with E-state index in [2.05, 4.69) is 0 Å². The summed E-state index contributed by atoms with van der Waals surface area (Å²) in [6, 6.07) is 16.7. The molecule has 0 atom stereocenters. The van der Waals surface area contributed by atoms with Gasteiger partial charge >= 0.3 is 5.97 Å². The number of nitrogens with two attached hydrogens (primary N) is 1. The Bertz CT molecular complexity index is 1180. The Kier molecular flexibility index (Phi) is 4.60. The van der Waals surface area contributed by atoms with Crippen LogP contribution in [0.15, 0.2) is 54.6 Å². The third kappa shape index (κ3) is 3.41. The molecule has 136 valence electrons. The SMILES string of the molecule is Nc1cccc(-c2cc3c(cc(C(=O)O)n3Cc3ccc(Cl)c(Cl)c3)s2)c1. The van der Waals surface area contributed by atoms with Gasteiger partial charge in [0.1, 0.15) is 5.69 Å². The second-order valence-corrected chi connectivity index (χ2v) is 8.05. The number of carboxylic acids is 1. The van der Waals surface area contributed by atoms with Crippen LogP contribution in [0.25, 0.3) is 20.7 Å². The van der Waals surface area contributed by atoms with Crippen molar-refractivity contribution in [3.63, 3.8) is 0 Å². The number of fused-ring (bicyclic) bond motifs is 1. The van der Waals surface area contributed by atoms with Gasteiger partial charge in [0.2, 0.25) is 0 Å². The van der Waals surface area contributed by atoms with Crippen molar-refractivity contribution in [1.82, 2.24) is 4.57 Å². The average Bonchev–Trinajstić information content (AvgIpc) is 3.17. The average molecular weight is 417 g/mol. The molecule has 0 aliphatic carbocycles. The summed E-state index contributed by atoms with van der Waals surface area (Å²) in [5.41, 5.74) is 9.56. The van der Waals surface area contributed by atoms with Gasteiger partial charge in [0.05, 0.1) is 20.3 Å². The van der Waals surface area contributed by atoms with Crippen LogP contribution in [0, 0.1) is 0 Å². The summed E-state index contributed by atoms with van der Waals surface area (Å²) >= 11 is 13.6. The fourth-order valence-electron chi connectivity index (χ4n) is 3.04. The van der Waals surface area contributed by atoms with Gasteiger partial charge in [0.25, 0.3) is 0 Å². The lowest BCUT2D eigenvalue weighted by molar-refractivity contribution is 0.0686. The van der Waals surface area contributed by atoms with Gasteiger partial charge in [-0.25, -0.2) is 4.79 Å². The number of hydrogen-bond acceptors (Lipinski definition) is 3. The van der Waals surface area contributed by atoms with E-state index in [1.807, 2.05) is 36.4 Å². The van der Waals surface area contributed by atoms with Crippen LogP contribution in [0.5, 0.6) is 0 Å². The standard InChI is InChI=1S/C20H14Cl2N2O2S/c21-14-5-4-11(6-15(14)22)10-24-16-8-18(12-2-1-3-13(23)7-12)27-19(16)9-17(24)20(25)26/h1-9H,10,23H2,(H,25,26). The molecule has 2 heterocycles. The number of benzene rings is 2. The smallest absolute Gasteiger partial charge is 0.352 e. The molecule has 4 rings (SSSR count). The number of nitrogens with zero attached hydrogens (tertiary/aromatic N) is 1. The molecule has 4 aromatic rings. The highest BCUT2D eigenvalue weighted by molar-refractivity contribution is 7.22. The third-order valence-electron chi connectivity index (χ3n) is 4.30. The van der Waals surface area contributed by atoms with Crippen LogP contribution in [-0.4, -0.2) is 15.6 Å². The molecular formula is C20H14Cl2N2O2S. The molecule has 0 fully saturated rings. The fourth-order valence-corrected chi connectivity index (χ4v) is 4.46. The zero-order valence-electron chi connectivity index (χ0n) is 13.9. The first kappa shape index (κ1) is 17.9. The van der Waals surface area contributed by atoms with Crippen molar-refractivity contribution in [3.05, 3.63) is 75.9 Å². The predicted octanol–water partition coefficient (Wildman–Crippen LogP) is 6.01. The maximum absolute atomic E-state index is 11.7. The van der Waals surface area contributed by atoms with Gasteiger partial charge in [-0.3, -0.25) is 0 Å². The van der Waals surface area contributed by atoms with Gasteiger partial charge in [0.15, 0.2) is 0 Å². The topological polar surface area (TPSA) is 68.2 Å². The number of nitrogen functional groups attached to an aromatic ring is 1. The number of carbonyl (C=O) groups is 1. The molecule has 3 N–H and O–H groups in total. The zero-order chi connectivity index (χ0) is 19.1. The first-order valence-electron chi connectivity index (χ1n) is 8.08. The van der Waals surface area contributed by atoms with E-state index in [1.165, 1.54) is 0 Å². The first-order chi connectivity index (χ1) is 12.9. The second kappa shape index (κ2) is 6.93. The molecule has 2 aromatic heterocycles. The normalized spacial score (nSPS) is 11.2. The summed E-state index contributed by atoms with van der Waals surface area (Å²) in [4.78, 5) is 12.8. The van der Waals surface area contributed by atoms with E-state index < -0.39 is 5.97 Å². The molecule has 2 aromatic carbocycles. The van der Waals surface area contributed by atoms with Crippen molar-refractivity contribution in [2.24, 2.45) is 0 Å². The summed E-state index contributed by atoms with van der Waals surface area (Å²) in [5.74, 6) is -0.969. The third-order valence-corrected chi connectivity index (χ3v) is 6.16. The first-order valence-corrected chi connectivity index (χ1v) is 9.66. The van der Waals surface area contributed by atoms with E-state index in [4.69, 9.17) is 28.9 Å². The minimum atomic E-state index is -0.969. The van der Waals surface area contributed by atoms with Crippen molar-refractivity contribution in [2.45, 2.75) is 6.54 Å². The van der Waals surface area contributed by atoms with Crippen LogP contribution in [0.1, 0.15) is 16.1 Å². The molecule has 0 saturated carbocycles. The molecule has 0 spiro atoms. The van der Waals surface area contributed by atoms with E-state index in [-0.39, 0.29) is 5.69 Å². The highest BCUT2D eigenvalue weighted by Gasteiger charge is 2.18. The van der Waals surface area contributed by atoms with Gasteiger partial charge in [-0.05, 0) is 47.5 Å². The van der Waals surface area contributed by atoms with Crippen molar-refractivity contribution < 1.29 is 9.90 Å². The molecule has 27 heavy (non-hydrogen) atoms. The minimum absolute atomic E-state index is 0.237. The van der Waals surface area contributed by atoms with E-state index in [0.717, 1.165) is 26.2 Å². The van der Waals surface area contributed by atoms with Crippen LogP contribution >= 0.6 is 34.5 Å². The quantitative estimate of drug-likeness (QED) is 0.400. The maximum atomic E-state index is 11.7. The number of carboxylic acid groups (broad SMARTS) is 1. The minimum Gasteiger partial charge on any atom is -0.477 e. The van der Waals surface area contributed by atoms with Crippen LogP contribution in [-0.2, 0) is 6.54 Å². The number of halogens is 2. The van der Waals surface area contributed by atoms with Gasteiger partial charge in [-0.2, -0.15) is 0 Å². The lowest BCUT2D eigenvalue weighted by Crippen LogP contribution is -2.09. The van der Waals surface area contributed by atoms with Crippen molar-refractivity contribution in [1.29, 1.82) is 0 Å². The second-order valence-electron chi connectivity index (χ2n) is 6.15. The summed E-state index contributed by atoms with van der Waals surface area (Å²) in [6.45, 7) is 0.384. The summed E-state index contributed by atoms with van der Waals surface area (Å²) < 4.78 is 2.69. The van der Waals surface area contributed by atoms with Crippen molar-refractivity contribution >= 4 is 56.4 Å². The fraction of sp³-hybridized carbons (Fsp3) is 0.0500. The lowest BCUT2D eigenvalue weighted by Gasteiger charge is -2.09. The van der Waals surface area contributed by atoms with Crippen LogP contribution < -0.4 is 5.73 Å². The number of hydrogen-bond donors (Lipinski definition) is 2. The van der Waals surface area contributed by atoms with Crippen molar-refractivity contribution in [2.75, 3.05) is 5.73 Å². The zero-order valence-corrected chi connectivity index (χ0v) is 16.3. The monoisotopic (exact) mass is 416 g/mol. The molecule has 0 aliphatic rings. The van der Waals surface area contributed by atoms with Crippen molar-refractivity contribution in [3.8, 4) is 10.4 Å². The highest BCUT2D eigenvalue weighted by Crippen LogP contribution is 2.36.